The van der Waals surface area contributed by atoms with Crippen LogP contribution < -0.4 is 4.74 Å². The van der Waals surface area contributed by atoms with Crippen LogP contribution in [-0.2, 0) is 11.2 Å². The quantitative estimate of drug-likeness (QED) is 0.777. The molecule has 0 saturated carbocycles. The maximum absolute atomic E-state index is 12.2. The molecule has 1 aromatic heterocycles. The third kappa shape index (κ3) is 4.99. The zero-order valence-electron chi connectivity index (χ0n) is 13.6. The molecule has 0 aliphatic rings. The molecular formula is C17H21ClN2O3. The van der Waals surface area contributed by atoms with Crippen LogP contribution in [0.4, 0.5) is 0 Å². The lowest BCUT2D eigenvalue weighted by Gasteiger charge is -2.17. The maximum atomic E-state index is 12.2. The number of carbonyl (C=O) groups is 1. The Balaban J connectivity index is 1.74. The molecule has 124 valence electrons. The highest BCUT2D eigenvalue weighted by molar-refractivity contribution is 6.30. The number of benzene rings is 1. The van der Waals surface area contributed by atoms with E-state index in [1.165, 1.54) is 0 Å². The van der Waals surface area contributed by atoms with Gasteiger partial charge in [-0.05, 0) is 38.5 Å². The van der Waals surface area contributed by atoms with Gasteiger partial charge in [-0.1, -0.05) is 22.8 Å². The lowest BCUT2D eigenvalue weighted by atomic mass is 10.1. The lowest BCUT2D eigenvalue weighted by molar-refractivity contribution is -0.130. The van der Waals surface area contributed by atoms with Crippen LogP contribution in [0.1, 0.15) is 23.4 Å². The molecule has 0 radical (unpaired) electrons. The van der Waals surface area contributed by atoms with Crippen molar-refractivity contribution < 1.29 is 14.1 Å². The van der Waals surface area contributed by atoms with E-state index in [9.17, 15) is 4.79 Å². The molecule has 1 heterocycles. The number of likely N-dealkylation sites (N-methyl/N-ethyl adjacent to an activating group) is 1. The Bertz CT molecular complexity index is 650. The van der Waals surface area contributed by atoms with Crippen molar-refractivity contribution in [1.82, 2.24) is 10.1 Å². The predicted octanol–water partition coefficient (Wildman–Crippen LogP) is 3.41. The topological polar surface area (TPSA) is 55.6 Å². The Kier molecular flexibility index (Phi) is 6.04. The number of aryl methyl sites for hydroxylation is 2. The minimum absolute atomic E-state index is 0.0692. The SMILES string of the molecule is Cc1noc(C)c1CCC(=O)N(C)CCOc1cccc(Cl)c1. The van der Waals surface area contributed by atoms with Crippen LogP contribution in [0.5, 0.6) is 5.75 Å². The Hall–Kier alpha value is -2.01. The van der Waals surface area contributed by atoms with E-state index >= 15 is 0 Å². The molecule has 0 fully saturated rings. The fraction of sp³-hybridized carbons (Fsp3) is 0.412. The van der Waals surface area contributed by atoms with E-state index in [4.69, 9.17) is 20.9 Å². The van der Waals surface area contributed by atoms with E-state index in [1.807, 2.05) is 26.0 Å². The first-order chi connectivity index (χ1) is 11.0. The molecule has 0 spiro atoms. The molecule has 0 atom stereocenters. The number of aromatic nitrogens is 1. The molecule has 1 aromatic carbocycles. The van der Waals surface area contributed by atoms with E-state index in [2.05, 4.69) is 5.16 Å². The van der Waals surface area contributed by atoms with E-state index < -0.39 is 0 Å². The monoisotopic (exact) mass is 336 g/mol. The number of ether oxygens (including phenoxy) is 1. The smallest absolute Gasteiger partial charge is 0.222 e. The van der Waals surface area contributed by atoms with Gasteiger partial charge in [-0.3, -0.25) is 4.79 Å². The first kappa shape index (κ1) is 17.3. The highest BCUT2D eigenvalue weighted by Gasteiger charge is 2.13. The fourth-order valence-corrected chi connectivity index (χ4v) is 2.44. The highest BCUT2D eigenvalue weighted by Crippen LogP contribution is 2.17. The summed E-state index contributed by atoms with van der Waals surface area (Å²) in [7, 11) is 1.77. The van der Waals surface area contributed by atoms with Crippen LogP contribution >= 0.6 is 11.6 Å². The van der Waals surface area contributed by atoms with Crippen LogP contribution in [0, 0.1) is 13.8 Å². The van der Waals surface area contributed by atoms with Gasteiger partial charge in [0.25, 0.3) is 0 Å². The fourth-order valence-electron chi connectivity index (χ4n) is 2.26. The number of hydrogen-bond donors (Lipinski definition) is 0. The van der Waals surface area contributed by atoms with Crippen LogP contribution in [0.15, 0.2) is 28.8 Å². The van der Waals surface area contributed by atoms with E-state index in [-0.39, 0.29) is 5.91 Å². The van der Waals surface area contributed by atoms with E-state index in [0.717, 1.165) is 17.0 Å². The van der Waals surface area contributed by atoms with Crippen molar-refractivity contribution in [3.8, 4) is 5.75 Å². The summed E-state index contributed by atoms with van der Waals surface area (Å²) in [6.07, 6.45) is 1.07. The second-order valence-electron chi connectivity index (χ2n) is 5.42. The highest BCUT2D eigenvalue weighted by atomic mass is 35.5. The van der Waals surface area contributed by atoms with Gasteiger partial charge in [-0.25, -0.2) is 0 Å². The normalized spacial score (nSPS) is 10.6. The number of hydrogen-bond acceptors (Lipinski definition) is 4. The first-order valence-electron chi connectivity index (χ1n) is 7.51. The molecule has 0 aliphatic carbocycles. The predicted molar refractivity (Wildman–Crippen MR) is 88.9 cm³/mol. The molecule has 23 heavy (non-hydrogen) atoms. The van der Waals surface area contributed by atoms with Crippen LogP contribution in [-0.4, -0.2) is 36.2 Å². The number of nitrogens with zero attached hydrogens (tertiary/aromatic N) is 2. The average molecular weight is 337 g/mol. The molecule has 6 heteroatoms. The molecule has 0 N–H and O–H groups in total. The third-order valence-electron chi connectivity index (χ3n) is 3.69. The number of halogens is 1. The Morgan fingerprint density at radius 3 is 2.83 bits per heavy atom. The molecule has 0 unspecified atom stereocenters. The number of amides is 1. The van der Waals surface area contributed by atoms with Crippen LogP contribution in [0.25, 0.3) is 0 Å². The maximum Gasteiger partial charge on any atom is 0.222 e. The van der Waals surface area contributed by atoms with E-state index in [1.54, 1.807) is 24.1 Å². The van der Waals surface area contributed by atoms with Gasteiger partial charge in [0.05, 0.1) is 12.2 Å². The molecule has 0 bridgehead atoms. The summed E-state index contributed by atoms with van der Waals surface area (Å²) in [6.45, 7) is 4.70. The summed E-state index contributed by atoms with van der Waals surface area (Å²) in [4.78, 5) is 13.8. The standard InChI is InChI=1S/C17H21ClN2O3/c1-12-16(13(2)23-19-12)7-8-17(21)20(3)9-10-22-15-6-4-5-14(18)11-15/h4-6,11H,7-10H2,1-3H3. The zero-order chi connectivity index (χ0) is 16.8. The number of carbonyl (C=O) groups excluding carboxylic acids is 1. The van der Waals surface area contributed by atoms with Crippen LogP contribution in [0.3, 0.4) is 0 Å². The Labute approximate surface area is 141 Å². The molecule has 0 aliphatic heterocycles. The molecule has 5 nitrogen and oxygen atoms in total. The van der Waals surface area contributed by atoms with Gasteiger partial charge in [0.1, 0.15) is 18.1 Å². The number of rotatable bonds is 7. The van der Waals surface area contributed by atoms with Crippen molar-refractivity contribution >= 4 is 17.5 Å². The molecular weight excluding hydrogens is 316 g/mol. The van der Waals surface area contributed by atoms with Gasteiger partial charge in [0.15, 0.2) is 0 Å². The summed E-state index contributed by atoms with van der Waals surface area (Å²) in [5.74, 6) is 1.55. The molecule has 0 saturated heterocycles. The second-order valence-corrected chi connectivity index (χ2v) is 5.86. The first-order valence-corrected chi connectivity index (χ1v) is 7.89. The lowest BCUT2D eigenvalue weighted by Crippen LogP contribution is -2.31. The minimum atomic E-state index is 0.0692. The minimum Gasteiger partial charge on any atom is -0.492 e. The van der Waals surface area contributed by atoms with Gasteiger partial charge in [0, 0.05) is 24.1 Å². The van der Waals surface area contributed by atoms with Gasteiger partial charge in [-0.2, -0.15) is 0 Å². The summed E-state index contributed by atoms with van der Waals surface area (Å²) in [5.41, 5.74) is 1.86. The van der Waals surface area contributed by atoms with Crippen molar-refractivity contribution in [2.75, 3.05) is 20.2 Å². The third-order valence-corrected chi connectivity index (χ3v) is 3.92. The second kappa shape index (κ2) is 8.02. The van der Waals surface area contributed by atoms with Crippen molar-refractivity contribution in [2.24, 2.45) is 0 Å². The Morgan fingerprint density at radius 1 is 1.39 bits per heavy atom. The van der Waals surface area contributed by atoms with Gasteiger partial charge >= 0.3 is 0 Å². The summed E-state index contributed by atoms with van der Waals surface area (Å²) in [5, 5.41) is 4.53. The van der Waals surface area contributed by atoms with Crippen molar-refractivity contribution in [2.45, 2.75) is 26.7 Å². The average Bonchev–Trinajstić information content (AvgIpc) is 2.83. The van der Waals surface area contributed by atoms with Crippen molar-refractivity contribution in [3.05, 3.63) is 46.3 Å². The van der Waals surface area contributed by atoms with Crippen molar-refractivity contribution in [3.63, 3.8) is 0 Å². The largest absolute Gasteiger partial charge is 0.492 e. The van der Waals surface area contributed by atoms with Gasteiger partial charge < -0.3 is 14.2 Å². The summed E-state index contributed by atoms with van der Waals surface area (Å²) in [6, 6.07) is 7.21. The summed E-state index contributed by atoms with van der Waals surface area (Å²) >= 11 is 5.90. The van der Waals surface area contributed by atoms with Crippen LogP contribution in [0.2, 0.25) is 5.02 Å². The molecule has 2 rings (SSSR count). The Morgan fingerprint density at radius 2 is 2.17 bits per heavy atom. The zero-order valence-corrected chi connectivity index (χ0v) is 14.4. The van der Waals surface area contributed by atoms with E-state index in [0.29, 0.717) is 36.8 Å². The molecule has 1 amide bonds. The molecule has 2 aromatic rings. The summed E-state index contributed by atoms with van der Waals surface area (Å²) < 4.78 is 10.7. The van der Waals surface area contributed by atoms with Gasteiger partial charge in [-0.15, -0.1) is 0 Å². The van der Waals surface area contributed by atoms with Gasteiger partial charge in [0.2, 0.25) is 5.91 Å². The van der Waals surface area contributed by atoms with Crippen molar-refractivity contribution in [1.29, 1.82) is 0 Å².